The van der Waals surface area contributed by atoms with E-state index in [1.165, 1.54) is 0 Å². The molecule has 9 heteroatoms. The summed E-state index contributed by atoms with van der Waals surface area (Å²) in [6.45, 7) is 5.26. The molecule has 1 heterocycles. The summed E-state index contributed by atoms with van der Waals surface area (Å²) in [5.74, 6) is -1.02. The molecule has 0 saturated carbocycles. The van der Waals surface area contributed by atoms with Crippen LogP contribution in [0.1, 0.15) is 29.9 Å². The Morgan fingerprint density at radius 3 is 2.35 bits per heavy atom. The highest BCUT2D eigenvalue weighted by atomic mass is 35.5. The molecule has 0 aliphatic carbocycles. The number of rotatable bonds is 6. The lowest BCUT2D eigenvalue weighted by atomic mass is 10.1. The van der Waals surface area contributed by atoms with Crippen molar-refractivity contribution >= 4 is 46.7 Å². The van der Waals surface area contributed by atoms with E-state index in [1.807, 2.05) is 12.1 Å². The van der Waals surface area contributed by atoms with Crippen molar-refractivity contribution in [2.75, 3.05) is 6.61 Å². The molecule has 6 nitrogen and oxygen atoms in total. The van der Waals surface area contributed by atoms with Gasteiger partial charge in [-0.05, 0) is 51.1 Å². The summed E-state index contributed by atoms with van der Waals surface area (Å²) in [6, 6.07) is 11.3. The zero-order valence-corrected chi connectivity index (χ0v) is 19.3. The summed E-state index contributed by atoms with van der Waals surface area (Å²) in [6.07, 6.45) is 0. The molecule has 1 amide bonds. The molecule has 162 valence electrons. The minimum atomic E-state index is -0.824. The average Bonchev–Trinajstić information content (AvgIpc) is 3.05. The standard InChI is InChI=1S/C22H20Cl3N3O3/c1-4-31-22(30)13(3)26-21(29)19-12(2)20(14-5-7-15(23)8-6-14)28(27-19)18-10-9-16(24)11-17(18)25/h5-11,13H,4H2,1-3H3,(H,26,29). The van der Waals surface area contributed by atoms with Gasteiger partial charge in [-0.2, -0.15) is 5.10 Å². The van der Waals surface area contributed by atoms with Crippen molar-refractivity contribution in [1.82, 2.24) is 15.1 Å². The van der Waals surface area contributed by atoms with Crippen LogP contribution in [0, 0.1) is 6.92 Å². The van der Waals surface area contributed by atoms with E-state index in [2.05, 4.69) is 10.4 Å². The van der Waals surface area contributed by atoms with Gasteiger partial charge in [0.1, 0.15) is 6.04 Å². The van der Waals surface area contributed by atoms with Gasteiger partial charge in [-0.25, -0.2) is 9.48 Å². The lowest BCUT2D eigenvalue weighted by Crippen LogP contribution is -2.40. The van der Waals surface area contributed by atoms with E-state index in [0.717, 1.165) is 5.56 Å². The number of aromatic nitrogens is 2. The molecule has 0 radical (unpaired) electrons. The first-order chi connectivity index (χ1) is 14.7. The van der Waals surface area contributed by atoms with Crippen LogP contribution >= 0.6 is 34.8 Å². The van der Waals surface area contributed by atoms with E-state index in [9.17, 15) is 9.59 Å². The van der Waals surface area contributed by atoms with Crippen LogP contribution in [0.25, 0.3) is 16.9 Å². The van der Waals surface area contributed by atoms with Crippen LogP contribution in [-0.2, 0) is 9.53 Å². The van der Waals surface area contributed by atoms with Gasteiger partial charge in [0.2, 0.25) is 0 Å². The number of carbonyl (C=O) groups is 2. The van der Waals surface area contributed by atoms with E-state index in [0.29, 0.717) is 32.0 Å². The molecule has 0 bridgehead atoms. The Bertz CT molecular complexity index is 1130. The van der Waals surface area contributed by atoms with Gasteiger partial charge >= 0.3 is 5.97 Å². The Balaban J connectivity index is 2.11. The number of esters is 1. The van der Waals surface area contributed by atoms with Crippen LogP contribution in [0.2, 0.25) is 15.1 Å². The van der Waals surface area contributed by atoms with Gasteiger partial charge in [0.15, 0.2) is 5.69 Å². The number of hydrogen-bond acceptors (Lipinski definition) is 4. The summed E-state index contributed by atoms with van der Waals surface area (Å²) < 4.78 is 6.54. The SMILES string of the molecule is CCOC(=O)C(C)NC(=O)c1nn(-c2ccc(Cl)cc2Cl)c(-c2ccc(Cl)cc2)c1C. The summed E-state index contributed by atoms with van der Waals surface area (Å²) in [4.78, 5) is 24.8. The van der Waals surface area contributed by atoms with E-state index in [4.69, 9.17) is 39.5 Å². The van der Waals surface area contributed by atoms with E-state index < -0.39 is 17.9 Å². The second-order valence-electron chi connectivity index (χ2n) is 6.78. The highest BCUT2D eigenvalue weighted by Crippen LogP contribution is 2.33. The van der Waals surface area contributed by atoms with Crippen LogP contribution < -0.4 is 5.32 Å². The molecule has 31 heavy (non-hydrogen) atoms. The highest BCUT2D eigenvalue weighted by Gasteiger charge is 2.25. The van der Waals surface area contributed by atoms with Crippen LogP contribution in [-0.4, -0.2) is 34.3 Å². The molecule has 0 fully saturated rings. The fourth-order valence-corrected chi connectivity index (χ4v) is 3.69. The zero-order valence-electron chi connectivity index (χ0n) is 17.1. The summed E-state index contributed by atoms with van der Waals surface area (Å²) in [5, 5.41) is 8.59. The van der Waals surface area contributed by atoms with Crippen molar-refractivity contribution in [1.29, 1.82) is 0 Å². The van der Waals surface area contributed by atoms with Crippen molar-refractivity contribution in [3.05, 3.63) is 68.8 Å². The van der Waals surface area contributed by atoms with Gasteiger partial charge in [0.25, 0.3) is 5.91 Å². The molecule has 1 N–H and O–H groups in total. The smallest absolute Gasteiger partial charge is 0.328 e. The molecule has 0 spiro atoms. The second-order valence-corrected chi connectivity index (χ2v) is 8.06. The number of nitrogens with zero attached hydrogens (tertiary/aromatic N) is 2. The predicted molar refractivity (Wildman–Crippen MR) is 122 cm³/mol. The van der Waals surface area contributed by atoms with E-state index in [1.54, 1.807) is 55.8 Å². The molecule has 0 saturated heterocycles. The number of benzene rings is 2. The average molecular weight is 481 g/mol. The summed E-state index contributed by atoms with van der Waals surface area (Å²) >= 11 is 18.5. The lowest BCUT2D eigenvalue weighted by molar-refractivity contribution is -0.144. The first-order valence-corrected chi connectivity index (χ1v) is 10.6. The number of nitrogens with one attached hydrogen (secondary N) is 1. The van der Waals surface area contributed by atoms with Gasteiger partial charge in [0, 0.05) is 21.2 Å². The van der Waals surface area contributed by atoms with Crippen molar-refractivity contribution in [2.45, 2.75) is 26.8 Å². The third-order valence-corrected chi connectivity index (χ3v) is 5.37. The molecule has 0 aliphatic rings. The largest absolute Gasteiger partial charge is 0.464 e. The van der Waals surface area contributed by atoms with Crippen LogP contribution in [0.15, 0.2) is 42.5 Å². The molecule has 3 rings (SSSR count). The number of hydrogen-bond donors (Lipinski definition) is 1. The van der Waals surface area contributed by atoms with E-state index in [-0.39, 0.29) is 12.3 Å². The van der Waals surface area contributed by atoms with Crippen molar-refractivity contribution in [3.8, 4) is 16.9 Å². The van der Waals surface area contributed by atoms with Gasteiger partial charge in [-0.1, -0.05) is 46.9 Å². The molecular weight excluding hydrogens is 461 g/mol. The van der Waals surface area contributed by atoms with Crippen LogP contribution in [0.3, 0.4) is 0 Å². The maximum Gasteiger partial charge on any atom is 0.328 e. The van der Waals surface area contributed by atoms with Gasteiger partial charge in [-0.3, -0.25) is 4.79 Å². The normalized spacial score (nSPS) is 11.8. The minimum Gasteiger partial charge on any atom is -0.464 e. The molecule has 1 unspecified atom stereocenters. The maximum absolute atomic E-state index is 12.9. The third-order valence-electron chi connectivity index (χ3n) is 4.58. The number of ether oxygens (including phenoxy) is 1. The van der Waals surface area contributed by atoms with Crippen LogP contribution in [0.5, 0.6) is 0 Å². The summed E-state index contributed by atoms with van der Waals surface area (Å²) in [7, 11) is 0. The monoisotopic (exact) mass is 479 g/mol. The minimum absolute atomic E-state index is 0.159. The van der Waals surface area contributed by atoms with Gasteiger partial charge in [0.05, 0.1) is 23.0 Å². The quantitative estimate of drug-likeness (QED) is 0.474. The predicted octanol–water partition coefficient (Wildman–Crippen LogP) is 5.49. The van der Waals surface area contributed by atoms with Gasteiger partial charge < -0.3 is 10.1 Å². The van der Waals surface area contributed by atoms with Crippen molar-refractivity contribution < 1.29 is 14.3 Å². The van der Waals surface area contributed by atoms with Crippen molar-refractivity contribution in [3.63, 3.8) is 0 Å². The molecule has 1 aromatic heterocycles. The topological polar surface area (TPSA) is 73.2 Å². The molecule has 2 aromatic carbocycles. The zero-order chi connectivity index (χ0) is 22.7. The lowest BCUT2D eigenvalue weighted by Gasteiger charge is -2.11. The Labute approximate surface area is 195 Å². The number of halogens is 3. The summed E-state index contributed by atoms with van der Waals surface area (Å²) in [5.41, 5.74) is 2.78. The van der Waals surface area contributed by atoms with E-state index >= 15 is 0 Å². The Morgan fingerprint density at radius 1 is 1.10 bits per heavy atom. The number of carbonyl (C=O) groups excluding carboxylic acids is 2. The van der Waals surface area contributed by atoms with Crippen LogP contribution in [0.4, 0.5) is 0 Å². The fourth-order valence-electron chi connectivity index (χ4n) is 3.08. The second kappa shape index (κ2) is 9.73. The molecule has 1 atom stereocenters. The first kappa shape index (κ1) is 23.1. The highest BCUT2D eigenvalue weighted by molar-refractivity contribution is 6.35. The fraction of sp³-hybridized carbons (Fsp3) is 0.227. The number of amides is 1. The molecule has 0 aliphatic heterocycles. The van der Waals surface area contributed by atoms with Gasteiger partial charge in [-0.15, -0.1) is 0 Å². The Kier molecular flexibility index (Phi) is 7.26. The first-order valence-electron chi connectivity index (χ1n) is 9.51. The van der Waals surface area contributed by atoms with Crippen molar-refractivity contribution in [2.24, 2.45) is 0 Å². The maximum atomic E-state index is 12.9. The Hall–Kier alpha value is -2.54. The molecular formula is C22H20Cl3N3O3. The Morgan fingerprint density at radius 2 is 1.74 bits per heavy atom. The third kappa shape index (κ3) is 5.03. The molecule has 3 aromatic rings.